The van der Waals surface area contributed by atoms with Crippen molar-refractivity contribution < 1.29 is 18.3 Å². The third-order valence-electron chi connectivity index (χ3n) is 2.15. The van der Waals surface area contributed by atoms with Crippen LogP contribution in [0.25, 0.3) is 0 Å². The zero-order chi connectivity index (χ0) is 12.5. The predicted molar refractivity (Wildman–Crippen MR) is 63.7 cm³/mol. The van der Waals surface area contributed by atoms with Gasteiger partial charge in [0.25, 0.3) is 0 Å². The summed E-state index contributed by atoms with van der Waals surface area (Å²) in [6, 6.07) is 6.03. The molecule has 6 heteroatoms. The fourth-order valence-corrected chi connectivity index (χ4v) is 2.51. The van der Waals surface area contributed by atoms with E-state index in [-0.39, 0.29) is 17.4 Å². The molecule has 17 heavy (non-hydrogen) atoms. The van der Waals surface area contributed by atoms with Crippen LogP contribution in [-0.2, 0) is 9.84 Å². The molecule has 0 spiro atoms. The van der Waals surface area contributed by atoms with Crippen molar-refractivity contribution in [2.45, 2.75) is 6.92 Å². The van der Waals surface area contributed by atoms with Crippen molar-refractivity contribution in [3.8, 4) is 11.5 Å². The van der Waals surface area contributed by atoms with Gasteiger partial charge in [-0.15, -0.1) is 0 Å². The predicted octanol–water partition coefficient (Wildman–Crippen LogP) is 1.46. The molecule has 0 amide bonds. The second-order valence-electron chi connectivity index (χ2n) is 3.59. The minimum Gasteiger partial charge on any atom is -0.508 e. The minimum absolute atomic E-state index is 0.00285. The number of phenolic OH excluding ortho intramolecular Hbond substituents is 1. The van der Waals surface area contributed by atoms with Gasteiger partial charge in [0.1, 0.15) is 18.1 Å². The average Bonchev–Trinajstić information content (AvgIpc) is 2.51. The van der Waals surface area contributed by atoms with Crippen molar-refractivity contribution in [2.75, 3.05) is 6.61 Å². The van der Waals surface area contributed by atoms with Crippen LogP contribution in [-0.4, -0.2) is 25.2 Å². The van der Waals surface area contributed by atoms with E-state index < -0.39 is 9.84 Å². The molecule has 1 aliphatic rings. The van der Waals surface area contributed by atoms with E-state index in [9.17, 15) is 8.42 Å². The van der Waals surface area contributed by atoms with Gasteiger partial charge in [-0.2, -0.15) is 0 Å². The fourth-order valence-electron chi connectivity index (χ4n) is 1.38. The highest BCUT2D eigenvalue weighted by Crippen LogP contribution is 2.18. The number of rotatable bonds is 3. The molecular weight excluding hydrogens is 242 g/mol. The van der Waals surface area contributed by atoms with Crippen LogP contribution in [0.3, 0.4) is 0 Å². The van der Waals surface area contributed by atoms with Crippen molar-refractivity contribution in [2.24, 2.45) is 4.99 Å². The Morgan fingerprint density at radius 2 is 1.94 bits per heavy atom. The molecule has 1 N–H and O–H groups in total. The van der Waals surface area contributed by atoms with Crippen LogP contribution < -0.4 is 4.74 Å². The first-order valence-corrected chi connectivity index (χ1v) is 6.45. The van der Waals surface area contributed by atoms with E-state index >= 15 is 0 Å². The highest BCUT2D eigenvalue weighted by Gasteiger charge is 2.23. The van der Waals surface area contributed by atoms with E-state index in [1.807, 2.05) is 0 Å². The number of ether oxygens (including phenoxy) is 1. The fraction of sp³-hybridized carbons (Fsp3) is 0.182. The number of sulfone groups is 1. The van der Waals surface area contributed by atoms with Gasteiger partial charge in [0.2, 0.25) is 9.84 Å². The summed E-state index contributed by atoms with van der Waals surface area (Å²) in [5, 5.41) is 10.2. The number of aromatic hydroxyl groups is 1. The van der Waals surface area contributed by atoms with Gasteiger partial charge in [-0.1, -0.05) is 0 Å². The zero-order valence-corrected chi connectivity index (χ0v) is 9.94. The number of hydrogen-bond acceptors (Lipinski definition) is 5. The summed E-state index contributed by atoms with van der Waals surface area (Å²) < 4.78 is 28.3. The van der Waals surface area contributed by atoms with Crippen molar-refractivity contribution in [3.05, 3.63) is 35.4 Å². The summed E-state index contributed by atoms with van der Waals surface area (Å²) in [6.07, 6.45) is 0. The number of aliphatic imine (C=N–C) groups is 1. The zero-order valence-electron chi connectivity index (χ0n) is 9.12. The average molecular weight is 253 g/mol. The molecule has 5 nitrogen and oxygen atoms in total. The molecule has 0 aliphatic carbocycles. The van der Waals surface area contributed by atoms with Gasteiger partial charge in [0.05, 0.1) is 11.1 Å². The minimum atomic E-state index is -3.40. The Bertz CT molecular complexity index is 584. The molecule has 1 aromatic carbocycles. The summed E-state index contributed by atoms with van der Waals surface area (Å²) >= 11 is 0. The third-order valence-corrected chi connectivity index (χ3v) is 3.67. The highest BCUT2D eigenvalue weighted by molar-refractivity contribution is 8.09. The first-order chi connectivity index (χ1) is 7.97. The van der Waals surface area contributed by atoms with E-state index in [1.165, 1.54) is 12.1 Å². The molecule has 0 atom stereocenters. The molecule has 0 fully saturated rings. The molecular formula is C11H11NO4S. The Kier molecular flexibility index (Phi) is 2.89. The molecule has 0 saturated carbocycles. The van der Waals surface area contributed by atoms with Crippen LogP contribution >= 0.6 is 0 Å². The maximum Gasteiger partial charge on any atom is 0.218 e. The lowest BCUT2D eigenvalue weighted by Crippen LogP contribution is -2.17. The third kappa shape index (κ3) is 2.65. The Hall–Kier alpha value is -1.82. The van der Waals surface area contributed by atoms with E-state index in [4.69, 9.17) is 9.84 Å². The Morgan fingerprint density at radius 3 is 2.47 bits per heavy atom. The van der Waals surface area contributed by atoms with Gasteiger partial charge < -0.3 is 9.84 Å². The van der Waals surface area contributed by atoms with Crippen LogP contribution in [0, 0.1) is 0 Å². The molecule has 2 rings (SSSR count). The summed E-state index contributed by atoms with van der Waals surface area (Å²) in [6.45, 7) is 1.51. The number of phenols is 1. The first-order valence-electron chi connectivity index (χ1n) is 4.90. The van der Waals surface area contributed by atoms with Gasteiger partial charge in [0.15, 0.2) is 5.04 Å². The van der Waals surface area contributed by atoms with E-state index in [0.717, 1.165) is 5.41 Å². The molecule has 0 radical (unpaired) electrons. The van der Waals surface area contributed by atoms with E-state index in [2.05, 4.69) is 4.99 Å². The molecule has 0 aromatic heterocycles. The second kappa shape index (κ2) is 4.21. The van der Waals surface area contributed by atoms with Crippen LogP contribution in [0.1, 0.15) is 6.92 Å². The van der Waals surface area contributed by atoms with Gasteiger partial charge in [0, 0.05) is 0 Å². The lowest BCUT2D eigenvalue weighted by atomic mass is 10.3. The van der Waals surface area contributed by atoms with Gasteiger partial charge in [-0.05, 0) is 31.2 Å². The number of nitrogens with zero attached hydrogens (tertiary/aromatic N) is 1. The summed E-state index contributed by atoms with van der Waals surface area (Å²) in [5.41, 5.74) is 0.453. The highest BCUT2D eigenvalue weighted by atomic mass is 32.2. The maximum atomic E-state index is 11.5. The standard InChI is InChI=1S/C11H11NO4S/c1-8-7-17(14,15)11(12-8)6-16-10-4-2-9(13)3-5-10/h2-5,7,13H,6H2,1H3. The summed E-state index contributed by atoms with van der Waals surface area (Å²) in [5.74, 6) is 0.603. The molecule has 90 valence electrons. The molecule has 1 aliphatic heterocycles. The van der Waals surface area contributed by atoms with Gasteiger partial charge >= 0.3 is 0 Å². The SMILES string of the molecule is CC1=CS(=O)(=O)C(COc2ccc(O)cc2)=N1. The first kappa shape index (κ1) is 11.7. The van der Waals surface area contributed by atoms with Crippen LogP contribution in [0.15, 0.2) is 40.4 Å². The quantitative estimate of drug-likeness (QED) is 0.884. The largest absolute Gasteiger partial charge is 0.508 e. The van der Waals surface area contributed by atoms with Crippen molar-refractivity contribution in [3.63, 3.8) is 0 Å². The molecule has 1 aromatic rings. The Morgan fingerprint density at radius 1 is 1.29 bits per heavy atom. The monoisotopic (exact) mass is 253 g/mol. The number of hydrogen-bond donors (Lipinski definition) is 1. The number of benzene rings is 1. The lowest BCUT2D eigenvalue weighted by molar-refractivity contribution is 0.377. The Balaban J connectivity index is 2.05. The molecule has 0 saturated heterocycles. The van der Waals surface area contributed by atoms with Crippen LogP contribution in [0.2, 0.25) is 0 Å². The van der Waals surface area contributed by atoms with Crippen LogP contribution in [0.4, 0.5) is 0 Å². The van der Waals surface area contributed by atoms with Crippen molar-refractivity contribution >= 4 is 14.9 Å². The summed E-state index contributed by atoms with van der Waals surface area (Å²) in [7, 11) is -3.40. The second-order valence-corrected chi connectivity index (χ2v) is 5.39. The smallest absolute Gasteiger partial charge is 0.218 e. The lowest BCUT2D eigenvalue weighted by Gasteiger charge is -2.05. The van der Waals surface area contributed by atoms with E-state index in [0.29, 0.717) is 11.4 Å². The Labute approximate surface area is 99.0 Å². The maximum absolute atomic E-state index is 11.5. The number of allylic oxidation sites excluding steroid dienone is 1. The van der Waals surface area contributed by atoms with E-state index in [1.54, 1.807) is 19.1 Å². The van der Waals surface area contributed by atoms with Gasteiger partial charge in [-0.25, -0.2) is 13.4 Å². The van der Waals surface area contributed by atoms with Crippen LogP contribution in [0.5, 0.6) is 11.5 Å². The summed E-state index contributed by atoms with van der Waals surface area (Å²) in [4.78, 5) is 3.89. The van der Waals surface area contributed by atoms with Crippen molar-refractivity contribution in [1.82, 2.24) is 0 Å². The molecule has 1 heterocycles. The molecule has 0 unspecified atom stereocenters. The normalized spacial score (nSPS) is 17.5. The van der Waals surface area contributed by atoms with Crippen molar-refractivity contribution in [1.29, 1.82) is 0 Å². The molecule has 0 bridgehead atoms. The van der Waals surface area contributed by atoms with Gasteiger partial charge in [-0.3, -0.25) is 0 Å². The topological polar surface area (TPSA) is 76.0 Å².